The largest absolute Gasteiger partial charge is 0.381 e. The van der Waals surface area contributed by atoms with Gasteiger partial charge in [0.25, 0.3) is 5.91 Å². The molecule has 29 heavy (non-hydrogen) atoms. The average Bonchev–Trinajstić information content (AvgIpc) is 3.41. The Balaban J connectivity index is 1.25. The molecule has 2 aliphatic heterocycles. The molecule has 1 aromatic carbocycles. The third-order valence-electron chi connectivity index (χ3n) is 5.55. The summed E-state index contributed by atoms with van der Waals surface area (Å²) in [6.45, 7) is 3.49. The molecule has 1 fully saturated rings. The van der Waals surface area contributed by atoms with Gasteiger partial charge in [-0.1, -0.05) is 0 Å². The van der Waals surface area contributed by atoms with Crippen LogP contribution in [0.5, 0.6) is 0 Å². The number of fused-ring (bicyclic) bond motifs is 1. The predicted octanol–water partition coefficient (Wildman–Crippen LogP) is 0.846. The van der Waals surface area contributed by atoms with Crippen LogP contribution < -0.4 is 0 Å². The van der Waals surface area contributed by atoms with Crippen molar-refractivity contribution >= 4 is 5.91 Å². The topological polar surface area (TPSA) is 104 Å². The fourth-order valence-electron chi connectivity index (χ4n) is 3.87. The van der Waals surface area contributed by atoms with E-state index in [1.807, 2.05) is 33.8 Å². The number of ether oxygens (including phenoxy) is 1. The van der Waals surface area contributed by atoms with E-state index in [9.17, 15) is 4.79 Å². The zero-order valence-corrected chi connectivity index (χ0v) is 16.0. The van der Waals surface area contributed by atoms with Gasteiger partial charge in [-0.3, -0.25) is 4.79 Å². The van der Waals surface area contributed by atoms with Crippen molar-refractivity contribution in [1.82, 2.24) is 39.9 Å². The Morgan fingerprint density at radius 3 is 2.66 bits per heavy atom. The molecule has 0 saturated carbocycles. The number of rotatable bonds is 3. The normalized spacial score (nSPS) is 17.7. The zero-order valence-electron chi connectivity index (χ0n) is 16.0. The molecular formula is C19H22N8O2. The molecule has 0 atom stereocenters. The van der Waals surface area contributed by atoms with Gasteiger partial charge in [0, 0.05) is 44.2 Å². The number of aromatic nitrogens is 7. The zero-order chi connectivity index (χ0) is 19.6. The van der Waals surface area contributed by atoms with Crippen molar-refractivity contribution in [3.05, 3.63) is 47.8 Å². The van der Waals surface area contributed by atoms with Crippen LogP contribution in [0.4, 0.5) is 0 Å². The highest BCUT2D eigenvalue weighted by Crippen LogP contribution is 2.25. The molecule has 10 nitrogen and oxygen atoms in total. The van der Waals surface area contributed by atoms with E-state index in [0.717, 1.165) is 43.4 Å². The van der Waals surface area contributed by atoms with Crippen molar-refractivity contribution in [3.8, 4) is 5.69 Å². The quantitative estimate of drug-likeness (QED) is 0.648. The summed E-state index contributed by atoms with van der Waals surface area (Å²) in [6.07, 6.45) is 4.20. The summed E-state index contributed by atoms with van der Waals surface area (Å²) in [5, 5.41) is 15.8. The van der Waals surface area contributed by atoms with E-state index in [2.05, 4.69) is 15.5 Å². The monoisotopic (exact) mass is 394 g/mol. The molecule has 2 aliphatic rings. The maximum absolute atomic E-state index is 13.0. The lowest BCUT2D eigenvalue weighted by atomic mass is 10.00. The Morgan fingerprint density at radius 2 is 1.90 bits per heavy atom. The number of amides is 1. The highest BCUT2D eigenvalue weighted by molar-refractivity contribution is 5.94. The Kier molecular flexibility index (Phi) is 4.76. The Morgan fingerprint density at radius 1 is 1.07 bits per heavy atom. The molecule has 5 rings (SSSR count). The summed E-state index contributed by atoms with van der Waals surface area (Å²) in [7, 11) is 0. The first-order valence-corrected chi connectivity index (χ1v) is 9.92. The molecule has 10 heteroatoms. The van der Waals surface area contributed by atoms with Crippen LogP contribution in [0.2, 0.25) is 0 Å². The lowest BCUT2D eigenvalue weighted by Crippen LogP contribution is -2.33. The van der Waals surface area contributed by atoms with Gasteiger partial charge in [0.2, 0.25) is 0 Å². The van der Waals surface area contributed by atoms with E-state index >= 15 is 0 Å². The molecular weight excluding hydrogens is 372 g/mol. The van der Waals surface area contributed by atoms with Gasteiger partial charge in [0.05, 0.1) is 12.2 Å². The predicted molar refractivity (Wildman–Crippen MR) is 102 cm³/mol. The number of hydrogen-bond donors (Lipinski definition) is 0. The molecule has 0 N–H and O–H groups in total. The number of carbonyl (C=O) groups excluding carboxylic acids is 1. The van der Waals surface area contributed by atoms with E-state index in [-0.39, 0.29) is 5.91 Å². The molecule has 1 saturated heterocycles. The van der Waals surface area contributed by atoms with Crippen molar-refractivity contribution in [2.45, 2.75) is 31.7 Å². The highest BCUT2D eigenvalue weighted by Gasteiger charge is 2.25. The number of nitrogens with zero attached hydrogens (tertiary/aromatic N) is 8. The average molecular weight is 394 g/mol. The Hall–Kier alpha value is -3.14. The summed E-state index contributed by atoms with van der Waals surface area (Å²) in [5.41, 5.74) is 1.46. The fraction of sp³-hybridized carbons (Fsp3) is 0.474. The summed E-state index contributed by atoms with van der Waals surface area (Å²) in [5.74, 6) is 2.31. The lowest BCUT2D eigenvalue weighted by molar-refractivity contribution is 0.0756. The highest BCUT2D eigenvalue weighted by atomic mass is 16.5. The first-order valence-electron chi connectivity index (χ1n) is 9.92. The molecule has 3 aromatic rings. The van der Waals surface area contributed by atoms with Gasteiger partial charge >= 0.3 is 0 Å². The minimum absolute atomic E-state index is 0.0173. The summed E-state index contributed by atoms with van der Waals surface area (Å²) in [6, 6.07) is 7.30. The van der Waals surface area contributed by atoms with Crippen LogP contribution in [-0.4, -0.2) is 72.1 Å². The molecule has 0 bridgehead atoms. The first kappa shape index (κ1) is 17.9. The van der Waals surface area contributed by atoms with Crippen LogP contribution >= 0.6 is 0 Å². The fourth-order valence-corrected chi connectivity index (χ4v) is 3.87. The summed E-state index contributed by atoms with van der Waals surface area (Å²) >= 11 is 0. The molecule has 4 heterocycles. The van der Waals surface area contributed by atoms with E-state index < -0.39 is 0 Å². The minimum Gasteiger partial charge on any atom is -0.381 e. The van der Waals surface area contributed by atoms with Crippen molar-refractivity contribution in [1.29, 1.82) is 0 Å². The van der Waals surface area contributed by atoms with E-state index in [1.54, 1.807) is 4.68 Å². The van der Waals surface area contributed by atoms with Gasteiger partial charge in [-0.25, -0.2) is 14.3 Å². The summed E-state index contributed by atoms with van der Waals surface area (Å²) < 4.78 is 8.96. The molecule has 0 spiro atoms. The number of tetrazole rings is 1. The van der Waals surface area contributed by atoms with Crippen LogP contribution in [0.25, 0.3) is 5.69 Å². The SMILES string of the molecule is O=C(c1ccc(-n2cnnn2)cc1)N1CCc2nc(C3CCOCC3)nn2CC1. The third-order valence-corrected chi connectivity index (χ3v) is 5.55. The minimum atomic E-state index is 0.0173. The van der Waals surface area contributed by atoms with Gasteiger partial charge < -0.3 is 9.64 Å². The smallest absolute Gasteiger partial charge is 0.253 e. The number of hydrogen-bond acceptors (Lipinski definition) is 7. The molecule has 150 valence electrons. The van der Waals surface area contributed by atoms with Crippen molar-refractivity contribution in [2.24, 2.45) is 0 Å². The van der Waals surface area contributed by atoms with Crippen molar-refractivity contribution < 1.29 is 9.53 Å². The van der Waals surface area contributed by atoms with E-state index in [0.29, 0.717) is 37.5 Å². The number of benzene rings is 1. The van der Waals surface area contributed by atoms with Gasteiger partial charge in [0.15, 0.2) is 5.82 Å². The second-order valence-corrected chi connectivity index (χ2v) is 7.34. The second kappa shape index (κ2) is 7.70. The molecule has 0 radical (unpaired) electrons. The van der Waals surface area contributed by atoms with Crippen LogP contribution in [0.1, 0.15) is 40.8 Å². The Labute approximate surface area is 167 Å². The van der Waals surface area contributed by atoms with Crippen LogP contribution in [0.15, 0.2) is 30.6 Å². The van der Waals surface area contributed by atoms with Gasteiger partial charge in [0.1, 0.15) is 12.2 Å². The van der Waals surface area contributed by atoms with Crippen LogP contribution in [0.3, 0.4) is 0 Å². The van der Waals surface area contributed by atoms with Crippen molar-refractivity contribution in [3.63, 3.8) is 0 Å². The molecule has 2 aromatic heterocycles. The summed E-state index contributed by atoms with van der Waals surface area (Å²) in [4.78, 5) is 19.6. The van der Waals surface area contributed by atoms with Crippen molar-refractivity contribution in [2.75, 3.05) is 26.3 Å². The molecule has 0 aliphatic carbocycles. The lowest BCUT2D eigenvalue weighted by Gasteiger charge is -2.21. The van der Waals surface area contributed by atoms with E-state index in [1.165, 1.54) is 6.33 Å². The molecule has 1 amide bonds. The maximum Gasteiger partial charge on any atom is 0.253 e. The third kappa shape index (κ3) is 3.63. The molecule has 0 unspecified atom stereocenters. The number of carbonyl (C=O) groups is 1. The van der Waals surface area contributed by atoms with Gasteiger partial charge in [-0.15, -0.1) is 5.10 Å². The first-order chi connectivity index (χ1) is 14.3. The maximum atomic E-state index is 13.0. The van der Waals surface area contributed by atoms with Crippen LogP contribution in [0, 0.1) is 0 Å². The van der Waals surface area contributed by atoms with Gasteiger partial charge in [-0.2, -0.15) is 5.10 Å². The standard InChI is InChI=1S/C19H22N8O2/c28-19(15-1-3-16(4-2-15)27-13-20-23-24-27)25-8-5-17-21-18(22-26(17)10-9-25)14-6-11-29-12-7-14/h1-4,13-14H,5-12H2. The van der Waals surface area contributed by atoms with Crippen LogP contribution in [-0.2, 0) is 17.7 Å². The Bertz CT molecular complexity index is 951. The second-order valence-electron chi connectivity index (χ2n) is 7.34. The van der Waals surface area contributed by atoms with Gasteiger partial charge in [-0.05, 0) is 47.5 Å². The van der Waals surface area contributed by atoms with E-state index in [4.69, 9.17) is 14.8 Å².